The molecule has 2 heterocycles. The number of hydrogen-bond donors (Lipinski definition) is 2. The molecule has 2 amide bonds. The van der Waals surface area contributed by atoms with Crippen LogP contribution >= 0.6 is 11.3 Å². The Balaban J connectivity index is 1.66. The summed E-state index contributed by atoms with van der Waals surface area (Å²) in [4.78, 5) is 29.1. The van der Waals surface area contributed by atoms with Gasteiger partial charge in [-0.15, -0.1) is 11.3 Å². The Morgan fingerprint density at radius 2 is 2.00 bits per heavy atom. The molecule has 128 valence electrons. The normalized spacial score (nSPS) is 11.9. The minimum absolute atomic E-state index is 0.123. The largest absolute Gasteiger partial charge is 0.350 e. The fourth-order valence-electron chi connectivity index (χ4n) is 2.72. The van der Waals surface area contributed by atoms with Crippen LogP contribution in [0.1, 0.15) is 30.0 Å². The Kier molecular flexibility index (Phi) is 5.40. The van der Waals surface area contributed by atoms with E-state index in [1.807, 2.05) is 47.8 Å². The highest BCUT2D eigenvalue weighted by atomic mass is 32.1. The van der Waals surface area contributed by atoms with E-state index < -0.39 is 0 Å². The summed E-state index contributed by atoms with van der Waals surface area (Å²) in [5, 5.41) is 9.80. The molecule has 6 heteroatoms. The molecule has 0 aliphatic carbocycles. The number of nitrogens with one attached hydrogen (secondary N) is 2. The van der Waals surface area contributed by atoms with Gasteiger partial charge in [0.25, 0.3) is 0 Å². The van der Waals surface area contributed by atoms with Crippen LogP contribution in [-0.2, 0) is 16.1 Å². The van der Waals surface area contributed by atoms with Crippen LogP contribution in [0.5, 0.6) is 0 Å². The van der Waals surface area contributed by atoms with Crippen LogP contribution < -0.4 is 10.6 Å². The second kappa shape index (κ2) is 7.90. The summed E-state index contributed by atoms with van der Waals surface area (Å²) in [6.07, 6.45) is 1.94. The van der Waals surface area contributed by atoms with Crippen molar-refractivity contribution in [3.63, 3.8) is 0 Å². The van der Waals surface area contributed by atoms with Crippen molar-refractivity contribution >= 4 is 33.9 Å². The van der Waals surface area contributed by atoms with Gasteiger partial charge in [0.15, 0.2) is 0 Å². The number of carbonyl (C=O) groups is 2. The summed E-state index contributed by atoms with van der Waals surface area (Å²) in [5.41, 5.74) is 0.832. The number of fused-ring (bicyclic) bond motifs is 1. The highest BCUT2D eigenvalue weighted by molar-refractivity contribution is 7.10. The quantitative estimate of drug-likeness (QED) is 0.715. The van der Waals surface area contributed by atoms with Gasteiger partial charge in [0.1, 0.15) is 0 Å². The molecule has 0 fully saturated rings. The van der Waals surface area contributed by atoms with Crippen molar-refractivity contribution in [3.05, 3.63) is 64.6 Å². The molecule has 3 aromatic rings. The summed E-state index contributed by atoms with van der Waals surface area (Å²) >= 11 is 1.52. The Labute approximate surface area is 150 Å². The van der Waals surface area contributed by atoms with Crippen molar-refractivity contribution in [1.82, 2.24) is 15.6 Å². The van der Waals surface area contributed by atoms with Crippen LogP contribution in [0.2, 0.25) is 0 Å². The van der Waals surface area contributed by atoms with E-state index in [1.165, 1.54) is 18.3 Å². The first-order chi connectivity index (χ1) is 12.1. The maximum atomic E-state index is 12.4. The Morgan fingerprint density at radius 1 is 1.16 bits per heavy atom. The van der Waals surface area contributed by atoms with E-state index in [4.69, 9.17) is 0 Å². The maximum absolute atomic E-state index is 12.4. The van der Waals surface area contributed by atoms with Crippen molar-refractivity contribution in [2.75, 3.05) is 0 Å². The predicted molar refractivity (Wildman–Crippen MR) is 99.1 cm³/mol. The van der Waals surface area contributed by atoms with Gasteiger partial charge in [0.2, 0.25) is 11.8 Å². The average Bonchev–Trinajstić information content (AvgIpc) is 3.13. The van der Waals surface area contributed by atoms with Gasteiger partial charge in [-0.2, -0.15) is 0 Å². The van der Waals surface area contributed by atoms with Crippen molar-refractivity contribution in [2.45, 2.75) is 25.9 Å². The highest BCUT2D eigenvalue weighted by Crippen LogP contribution is 2.22. The molecule has 0 saturated carbocycles. The summed E-state index contributed by atoms with van der Waals surface area (Å²) in [6, 6.07) is 13.4. The standard InChI is InChI=1S/C19H19N3O2S/c1-13(23)22-16(18-7-4-10-25-18)11-19(24)21-12-17-15-6-3-2-5-14(15)8-9-20-17/h2-10,16H,11-12H2,1H3,(H,21,24)(H,22,23). The van der Waals surface area contributed by atoms with E-state index in [2.05, 4.69) is 15.6 Å². The van der Waals surface area contributed by atoms with Crippen molar-refractivity contribution in [2.24, 2.45) is 0 Å². The third-order valence-corrected chi connectivity index (χ3v) is 4.85. The molecule has 0 aliphatic heterocycles. The highest BCUT2D eigenvalue weighted by Gasteiger charge is 2.18. The van der Waals surface area contributed by atoms with Crippen LogP contribution in [0.3, 0.4) is 0 Å². The Morgan fingerprint density at radius 3 is 2.76 bits per heavy atom. The Hall–Kier alpha value is -2.73. The predicted octanol–water partition coefficient (Wildman–Crippen LogP) is 3.18. The monoisotopic (exact) mass is 353 g/mol. The zero-order valence-electron chi connectivity index (χ0n) is 13.9. The fraction of sp³-hybridized carbons (Fsp3) is 0.211. The van der Waals surface area contributed by atoms with Crippen LogP contribution in [0.25, 0.3) is 10.8 Å². The van der Waals surface area contributed by atoms with Crippen LogP contribution in [-0.4, -0.2) is 16.8 Å². The van der Waals surface area contributed by atoms with Gasteiger partial charge in [-0.1, -0.05) is 30.3 Å². The molecule has 0 saturated heterocycles. The zero-order valence-corrected chi connectivity index (χ0v) is 14.7. The number of nitrogens with zero attached hydrogens (tertiary/aromatic N) is 1. The third kappa shape index (κ3) is 4.42. The smallest absolute Gasteiger partial charge is 0.222 e. The molecule has 2 N–H and O–H groups in total. The zero-order chi connectivity index (χ0) is 17.6. The molecule has 2 aromatic heterocycles. The summed E-state index contributed by atoms with van der Waals surface area (Å²) in [6.45, 7) is 1.82. The molecular formula is C19H19N3O2S. The van der Waals surface area contributed by atoms with Gasteiger partial charge >= 0.3 is 0 Å². The molecule has 0 aliphatic rings. The molecule has 0 bridgehead atoms. The molecule has 0 radical (unpaired) electrons. The van der Waals surface area contributed by atoms with Gasteiger partial charge in [0.05, 0.1) is 24.7 Å². The average molecular weight is 353 g/mol. The van der Waals surface area contributed by atoms with Crippen molar-refractivity contribution < 1.29 is 9.59 Å². The molecule has 1 unspecified atom stereocenters. The van der Waals surface area contributed by atoms with Crippen molar-refractivity contribution in [1.29, 1.82) is 0 Å². The van der Waals surface area contributed by atoms with Gasteiger partial charge in [-0.05, 0) is 22.9 Å². The minimum atomic E-state index is -0.307. The van der Waals surface area contributed by atoms with Crippen LogP contribution in [0, 0.1) is 0 Å². The number of amides is 2. The first-order valence-electron chi connectivity index (χ1n) is 8.03. The maximum Gasteiger partial charge on any atom is 0.222 e. The lowest BCUT2D eigenvalue weighted by molar-refractivity contribution is -0.122. The molecule has 1 atom stereocenters. The third-order valence-electron chi connectivity index (χ3n) is 3.86. The van der Waals surface area contributed by atoms with E-state index in [0.717, 1.165) is 21.3 Å². The summed E-state index contributed by atoms with van der Waals surface area (Å²) in [5.74, 6) is -0.274. The Bertz CT molecular complexity index is 872. The number of rotatable bonds is 6. The van der Waals surface area contributed by atoms with E-state index >= 15 is 0 Å². The summed E-state index contributed by atoms with van der Waals surface area (Å²) in [7, 11) is 0. The molecule has 0 spiro atoms. The molecule has 5 nitrogen and oxygen atoms in total. The number of thiophene rings is 1. The van der Waals surface area contributed by atoms with E-state index in [1.54, 1.807) is 6.20 Å². The number of benzene rings is 1. The lowest BCUT2D eigenvalue weighted by atomic mass is 10.1. The SMILES string of the molecule is CC(=O)NC(CC(=O)NCc1nccc2ccccc12)c1cccs1. The number of hydrogen-bond acceptors (Lipinski definition) is 4. The lowest BCUT2D eigenvalue weighted by Crippen LogP contribution is -2.32. The van der Waals surface area contributed by atoms with Crippen molar-refractivity contribution in [3.8, 4) is 0 Å². The van der Waals surface area contributed by atoms with E-state index in [0.29, 0.717) is 6.54 Å². The molecule has 3 rings (SSSR count). The number of pyridine rings is 1. The fourth-order valence-corrected chi connectivity index (χ4v) is 3.50. The van der Waals surface area contributed by atoms with E-state index in [9.17, 15) is 9.59 Å². The first-order valence-corrected chi connectivity index (χ1v) is 8.91. The van der Waals surface area contributed by atoms with E-state index in [-0.39, 0.29) is 24.3 Å². The molecule has 25 heavy (non-hydrogen) atoms. The van der Waals surface area contributed by atoms with Gasteiger partial charge in [0, 0.05) is 23.4 Å². The van der Waals surface area contributed by atoms with Gasteiger partial charge < -0.3 is 10.6 Å². The second-order valence-electron chi connectivity index (χ2n) is 5.73. The molecular weight excluding hydrogens is 334 g/mol. The molecule has 1 aromatic carbocycles. The lowest BCUT2D eigenvalue weighted by Gasteiger charge is -2.16. The minimum Gasteiger partial charge on any atom is -0.350 e. The van der Waals surface area contributed by atoms with Gasteiger partial charge in [-0.25, -0.2) is 0 Å². The first kappa shape index (κ1) is 17.1. The number of aromatic nitrogens is 1. The van der Waals surface area contributed by atoms with Gasteiger partial charge in [-0.3, -0.25) is 14.6 Å². The number of carbonyl (C=O) groups excluding carboxylic acids is 2. The van der Waals surface area contributed by atoms with Crippen LogP contribution in [0.4, 0.5) is 0 Å². The topological polar surface area (TPSA) is 71.1 Å². The second-order valence-corrected chi connectivity index (χ2v) is 6.71. The summed E-state index contributed by atoms with van der Waals surface area (Å²) < 4.78 is 0. The van der Waals surface area contributed by atoms with Crippen LogP contribution in [0.15, 0.2) is 54.0 Å².